The Morgan fingerprint density at radius 3 is 2.69 bits per heavy atom. The van der Waals surface area contributed by atoms with E-state index in [4.69, 9.17) is 0 Å². The lowest BCUT2D eigenvalue weighted by atomic mass is 9.84. The van der Waals surface area contributed by atoms with Gasteiger partial charge in [-0.3, -0.25) is 0 Å². The van der Waals surface area contributed by atoms with E-state index in [1.165, 1.54) is 16.3 Å². The molecule has 1 aliphatic rings. The van der Waals surface area contributed by atoms with Gasteiger partial charge in [0, 0.05) is 0 Å². The Hall–Kier alpha value is -1.38. The smallest absolute Gasteiger partial charge is 0.105 e. The summed E-state index contributed by atoms with van der Waals surface area (Å²) in [7, 11) is 0. The average Bonchev–Trinajstić information content (AvgIpc) is 2.33. The highest BCUT2D eigenvalue weighted by atomic mass is 16.3. The number of aliphatic hydroxyl groups is 2. The molecule has 1 aliphatic carbocycles. The highest BCUT2D eigenvalue weighted by molar-refractivity contribution is 5.87. The highest BCUT2D eigenvalue weighted by Gasteiger charge is 2.26. The molecule has 0 fully saturated rings. The molecule has 2 aromatic carbocycles. The fourth-order valence-corrected chi connectivity index (χ4v) is 2.57. The van der Waals surface area contributed by atoms with E-state index in [9.17, 15) is 10.2 Å². The van der Waals surface area contributed by atoms with Crippen LogP contribution in [0.3, 0.4) is 0 Å². The number of aliphatic hydroxyl groups excluding tert-OH is 2. The van der Waals surface area contributed by atoms with Crippen molar-refractivity contribution in [3.05, 3.63) is 47.5 Å². The van der Waals surface area contributed by atoms with Crippen LogP contribution in [-0.2, 0) is 6.42 Å². The van der Waals surface area contributed by atoms with E-state index >= 15 is 0 Å². The van der Waals surface area contributed by atoms with Crippen LogP contribution in [0.15, 0.2) is 36.4 Å². The molecular formula is C14H14O2. The predicted octanol–water partition coefficient (Wildman–Crippen LogP) is 2.18. The van der Waals surface area contributed by atoms with Crippen LogP contribution in [0.2, 0.25) is 0 Å². The van der Waals surface area contributed by atoms with Crippen molar-refractivity contribution in [2.45, 2.75) is 25.0 Å². The van der Waals surface area contributed by atoms with E-state index in [-0.39, 0.29) is 0 Å². The van der Waals surface area contributed by atoms with E-state index in [1.54, 1.807) is 0 Å². The second-order valence-corrected chi connectivity index (χ2v) is 4.41. The minimum atomic E-state index is -0.728. The molecule has 3 rings (SSSR count). The van der Waals surface area contributed by atoms with Crippen LogP contribution in [0, 0.1) is 0 Å². The van der Waals surface area contributed by atoms with Gasteiger partial charge in [0.1, 0.15) is 6.10 Å². The van der Waals surface area contributed by atoms with Crippen molar-refractivity contribution >= 4 is 10.8 Å². The SMILES string of the molecule is OC1CCc2c(ccc3ccccc23)C1O. The summed E-state index contributed by atoms with van der Waals surface area (Å²) >= 11 is 0. The van der Waals surface area contributed by atoms with Crippen LogP contribution in [0.25, 0.3) is 10.8 Å². The summed E-state index contributed by atoms with van der Waals surface area (Å²) in [6.07, 6.45) is 0.138. The van der Waals surface area contributed by atoms with E-state index in [2.05, 4.69) is 12.1 Å². The maximum Gasteiger partial charge on any atom is 0.105 e. The molecule has 0 aliphatic heterocycles. The molecule has 0 heterocycles. The second-order valence-electron chi connectivity index (χ2n) is 4.41. The number of fused-ring (bicyclic) bond motifs is 3. The van der Waals surface area contributed by atoms with Crippen molar-refractivity contribution < 1.29 is 10.2 Å². The summed E-state index contributed by atoms with van der Waals surface area (Å²) < 4.78 is 0. The Morgan fingerprint density at radius 2 is 1.81 bits per heavy atom. The largest absolute Gasteiger partial charge is 0.390 e. The molecule has 2 nitrogen and oxygen atoms in total. The zero-order valence-electron chi connectivity index (χ0n) is 8.93. The fourth-order valence-electron chi connectivity index (χ4n) is 2.57. The Balaban J connectivity index is 2.27. The van der Waals surface area contributed by atoms with Crippen LogP contribution in [0.1, 0.15) is 23.7 Å². The maximum absolute atomic E-state index is 9.94. The third-order valence-corrected chi connectivity index (χ3v) is 3.45. The first kappa shape index (κ1) is 9.82. The van der Waals surface area contributed by atoms with Crippen molar-refractivity contribution in [1.29, 1.82) is 0 Å². The highest BCUT2D eigenvalue weighted by Crippen LogP contribution is 2.34. The van der Waals surface area contributed by atoms with Crippen LogP contribution >= 0.6 is 0 Å². The third kappa shape index (κ3) is 1.34. The summed E-state index contributed by atoms with van der Waals surface area (Å²) in [6, 6.07) is 12.1. The fraction of sp³-hybridized carbons (Fsp3) is 0.286. The van der Waals surface area contributed by atoms with E-state index in [0.29, 0.717) is 6.42 Å². The van der Waals surface area contributed by atoms with Gasteiger partial charge in [-0.15, -0.1) is 0 Å². The van der Waals surface area contributed by atoms with Gasteiger partial charge in [0.15, 0.2) is 0 Å². The molecule has 0 aromatic heterocycles. The summed E-state index contributed by atoms with van der Waals surface area (Å²) in [4.78, 5) is 0. The normalized spacial score (nSPS) is 24.4. The van der Waals surface area contributed by atoms with Gasteiger partial charge in [-0.2, -0.15) is 0 Å². The lowest BCUT2D eigenvalue weighted by molar-refractivity contribution is 0.00675. The summed E-state index contributed by atoms with van der Waals surface area (Å²) in [5, 5.41) is 22.0. The van der Waals surface area contributed by atoms with Crippen LogP contribution in [0.5, 0.6) is 0 Å². The van der Waals surface area contributed by atoms with Crippen LogP contribution < -0.4 is 0 Å². The van der Waals surface area contributed by atoms with Gasteiger partial charge in [-0.1, -0.05) is 36.4 Å². The van der Waals surface area contributed by atoms with Crippen LogP contribution in [-0.4, -0.2) is 16.3 Å². The van der Waals surface area contributed by atoms with Gasteiger partial charge in [0.25, 0.3) is 0 Å². The molecule has 16 heavy (non-hydrogen) atoms. The average molecular weight is 214 g/mol. The molecule has 0 amide bonds. The molecule has 2 unspecified atom stereocenters. The zero-order valence-corrected chi connectivity index (χ0v) is 8.93. The number of rotatable bonds is 0. The standard InChI is InChI=1S/C14H14O2/c15-13-8-7-11-10-4-2-1-3-9(10)5-6-12(11)14(13)16/h1-6,13-16H,7-8H2. The first-order chi connectivity index (χ1) is 7.77. The molecule has 2 N–H and O–H groups in total. The Labute approximate surface area is 94.2 Å². The lowest BCUT2D eigenvalue weighted by Gasteiger charge is -2.27. The van der Waals surface area contributed by atoms with E-state index in [0.717, 1.165) is 12.0 Å². The Kier molecular flexibility index (Phi) is 2.20. The second kappa shape index (κ2) is 3.58. The number of benzene rings is 2. The third-order valence-electron chi connectivity index (χ3n) is 3.45. The molecule has 0 bridgehead atoms. The number of hydrogen-bond donors (Lipinski definition) is 2. The minimum absolute atomic E-state index is 0.617. The topological polar surface area (TPSA) is 40.5 Å². The molecule has 0 saturated heterocycles. The van der Waals surface area contributed by atoms with Gasteiger partial charge < -0.3 is 10.2 Å². The van der Waals surface area contributed by atoms with Gasteiger partial charge in [-0.25, -0.2) is 0 Å². The van der Waals surface area contributed by atoms with E-state index < -0.39 is 12.2 Å². The molecule has 2 heteroatoms. The van der Waals surface area contributed by atoms with Crippen molar-refractivity contribution in [3.63, 3.8) is 0 Å². The first-order valence-electron chi connectivity index (χ1n) is 5.64. The quantitative estimate of drug-likeness (QED) is 0.705. The Bertz CT molecular complexity index is 533. The monoisotopic (exact) mass is 214 g/mol. The van der Waals surface area contributed by atoms with Gasteiger partial charge in [0.2, 0.25) is 0 Å². The molecule has 2 aromatic rings. The Morgan fingerprint density at radius 1 is 1.00 bits per heavy atom. The maximum atomic E-state index is 9.94. The zero-order chi connectivity index (χ0) is 11.1. The first-order valence-corrected chi connectivity index (χ1v) is 5.64. The molecular weight excluding hydrogens is 200 g/mol. The van der Waals surface area contributed by atoms with Crippen molar-refractivity contribution in [2.24, 2.45) is 0 Å². The predicted molar refractivity (Wildman–Crippen MR) is 63.2 cm³/mol. The summed E-state index contributed by atoms with van der Waals surface area (Å²) in [6.45, 7) is 0. The van der Waals surface area contributed by atoms with Gasteiger partial charge >= 0.3 is 0 Å². The summed E-state index contributed by atoms with van der Waals surface area (Å²) in [5.74, 6) is 0. The van der Waals surface area contributed by atoms with Crippen molar-refractivity contribution in [2.75, 3.05) is 0 Å². The molecule has 0 radical (unpaired) electrons. The molecule has 0 saturated carbocycles. The van der Waals surface area contributed by atoms with Gasteiger partial charge in [-0.05, 0) is 34.7 Å². The van der Waals surface area contributed by atoms with Crippen LogP contribution in [0.4, 0.5) is 0 Å². The van der Waals surface area contributed by atoms with Crippen molar-refractivity contribution in [1.82, 2.24) is 0 Å². The molecule has 0 spiro atoms. The van der Waals surface area contributed by atoms with Crippen molar-refractivity contribution in [3.8, 4) is 0 Å². The van der Waals surface area contributed by atoms with E-state index in [1.807, 2.05) is 24.3 Å². The summed E-state index contributed by atoms with van der Waals surface area (Å²) in [5.41, 5.74) is 2.08. The number of aryl methyl sites for hydroxylation is 1. The molecule has 2 atom stereocenters. The van der Waals surface area contributed by atoms with Gasteiger partial charge in [0.05, 0.1) is 6.10 Å². The minimum Gasteiger partial charge on any atom is -0.390 e. The molecule has 82 valence electrons. The number of hydrogen-bond acceptors (Lipinski definition) is 2. The lowest BCUT2D eigenvalue weighted by Crippen LogP contribution is -2.24.